The number of nitrogens with two attached hydrogens (primary N) is 1. The molecule has 3 N–H and O–H groups in total. The van der Waals surface area contributed by atoms with Crippen molar-refractivity contribution in [3.63, 3.8) is 0 Å². The van der Waals surface area contributed by atoms with Gasteiger partial charge in [-0.2, -0.15) is 0 Å². The molecule has 1 aromatic rings. The van der Waals surface area contributed by atoms with E-state index in [9.17, 15) is 0 Å². The van der Waals surface area contributed by atoms with Gasteiger partial charge in [0.25, 0.3) is 0 Å². The van der Waals surface area contributed by atoms with Crippen LogP contribution in [0.2, 0.25) is 0 Å². The molecular formula is C13H20N2O2. The van der Waals surface area contributed by atoms with E-state index >= 15 is 0 Å². The van der Waals surface area contributed by atoms with Gasteiger partial charge in [-0.1, -0.05) is 13.3 Å². The molecule has 0 fully saturated rings. The zero-order chi connectivity index (χ0) is 12.7. The maximum absolute atomic E-state index is 7.40. The first-order chi connectivity index (χ1) is 8.19. The lowest BCUT2D eigenvalue weighted by Crippen LogP contribution is -2.11. The second kappa shape index (κ2) is 6.78. The normalized spacial score (nSPS) is 10.0. The van der Waals surface area contributed by atoms with Gasteiger partial charge >= 0.3 is 0 Å². The fourth-order valence-electron chi connectivity index (χ4n) is 1.39. The van der Waals surface area contributed by atoms with Crippen LogP contribution in [0.5, 0.6) is 11.5 Å². The van der Waals surface area contributed by atoms with Crippen molar-refractivity contribution in [1.29, 1.82) is 5.41 Å². The van der Waals surface area contributed by atoms with E-state index in [1.54, 1.807) is 18.2 Å². The van der Waals surface area contributed by atoms with E-state index in [-0.39, 0.29) is 5.84 Å². The van der Waals surface area contributed by atoms with Crippen molar-refractivity contribution in [3.8, 4) is 11.5 Å². The molecule has 0 saturated heterocycles. The van der Waals surface area contributed by atoms with Gasteiger partial charge in [0.15, 0.2) is 11.5 Å². The molecule has 0 saturated carbocycles. The van der Waals surface area contributed by atoms with Gasteiger partial charge in [0.05, 0.1) is 13.2 Å². The van der Waals surface area contributed by atoms with Crippen LogP contribution in [-0.4, -0.2) is 19.0 Å². The molecule has 0 bridgehead atoms. The second-order valence-corrected chi connectivity index (χ2v) is 3.71. The summed E-state index contributed by atoms with van der Waals surface area (Å²) in [4.78, 5) is 0. The summed E-state index contributed by atoms with van der Waals surface area (Å²) < 4.78 is 11.1. The molecule has 0 heterocycles. The molecule has 4 nitrogen and oxygen atoms in total. The van der Waals surface area contributed by atoms with E-state index in [0.717, 1.165) is 12.8 Å². The number of unbranched alkanes of at least 4 members (excludes halogenated alkanes) is 1. The smallest absolute Gasteiger partial charge is 0.161 e. The lowest BCUT2D eigenvalue weighted by atomic mass is 10.2. The highest BCUT2D eigenvalue weighted by Crippen LogP contribution is 2.28. The van der Waals surface area contributed by atoms with E-state index in [1.165, 1.54) is 0 Å². The van der Waals surface area contributed by atoms with Crippen molar-refractivity contribution in [2.75, 3.05) is 13.2 Å². The van der Waals surface area contributed by atoms with Crippen molar-refractivity contribution in [1.82, 2.24) is 0 Å². The Morgan fingerprint density at radius 1 is 1.24 bits per heavy atom. The molecule has 0 aliphatic rings. The molecule has 0 aromatic heterocycles. The Hall–Kier alpha value is -1.71. The quantitative estimate of drug-likeness (QED) is 0.434. The molecule has 1 aromatic carbocycles. The number of nitrogen functional groups attached to an aromatic ring is 1. The fourth-order valence-corrected chi connectivity index (χ4v) is 1.39. The van der Waals surface area contributed by atoms with E-state index in [2.05, 4.69) is 6.92 Å². The Balaban J connectivity index is 2.86. The van der Waals surface area contributed by atoms with Crippen LogP contribution >= 0.6 is 0 Å². The molecule has 4 heteroatoms. The summed E-state index contributed by atoms with van der Waals surface area (Å²) in [5, 5.41) is 7.40. The van der Waals surface area contributed by atoms with Gasteiger partial charge in [0, 0.05) is 5.56 Å². The fraction of sp³-hybridized carbons (Fsp3) is 0.462. The van der Waals surface area contributed by atoms with Crippen LogP contribution in [0.3, 0.4) is 0 Å². The summed E-state index contributed by atoms with van der Waals surface area (Å²) in [6, 6.07) is 5.31. The maximum atomic E-state index is 7.40. The number of ether oxygens (including phenoxy) is 2. The Morgan fingerprint density at radius 2 is 2.00 bits per heavy atom. The number of amidine groups is 1. The summed E-state index contributed by atoms with van der Waals surface area (Å²) in [5.41, 5.74) is 6.10. The van der Waals surface area contributed by atoms with Gasteiger partial charge in [-0.3, -0.25) is 5.41 Å². The zero-order valence-electron chi connectivity index (χ0n) is 10.5. The predicted molar refractivity (Wildman–Crippen MR) is 69.0 cm³/mol. The van der Waals surface area contributed by atoms with Crippen molar-refractivity contribution in [3.05, 3.63) is 23.8 Å². The average Bonchev–Trinajstić information content (AvgIpc) is 2.31. The highest BCUT2D eigenvalue weighted by molar-refractivity contribution is 5.95. The molecule has 0 spiro atoms. The molecule has 0 atom stereocenters. The molecule has 0 unspecified atom stereocenters. The zero-order valence-corrected chi connectivity index (χ0v) is 10.5. The minimum absolute atomic E-state index is 0.0355. The van der Waals surface area contributed by atoms with E-state index in [1.807, 2.05) is 6.92 Å². The molecule has 17 heavy (non-hydrogen) atoms. The van der Waals surface area contributed by atoms with Gasteiger partial charge in [-0.25, -0.2) is 0 Å². The molecule has 1 rings (SSSR count). The summed E-state index contributed by atoms with van der Waals surface area (Å²) in [7, 11) is 0. The monoisotopic (exact) mass is 236 g/mol. The number of benzene rings is 1. The van der Waals surface area contributed by atoms with E-state index in [0.29, 0.717) is 30.3 Å². The standard InChI is InChI=1S/C13H20N2O2/c1-3-5-8-17-12-9-10(13(14)15)6-7-11(12)16-4-2/h6-7,9H,3-5,8H2,1-2H3,(H3,14,15). The average molecular weight is 236 g/mol. The molecular weight excluding hydrogens is 216 g/mol. The first kappa shape index (κ1) is 13.4. The van der Waals surface area contributed by atoms with Crippen LogP contribution in [0.1, 0.15) is 32.3 Å². The van der Waals surface area contributed by atoms with Crippen LogP contribution in [0.25, 0.3) is 0 Å². The van der Waals surface area contributed by atoms with E-state index in [4.69, 9.17) is 20.6 Å². The number of hydrogen-bond donors (Lipinski definition) is 2. The summed E-state index contributed by atoms with van der Waals surface area (Å²) in [6.45, 7) is 5.27. The Kier molecular flexibility index (Phi) is 5.33. The highest BCUT2D eigenvalue weighted by atomic mass is 16.5. The third kappa shape index (κ3) is 3.98. The molecule has 0 aliphatic carbocycles. The van der Waals surface area contributed by atoms with Crippen molar-refractivity contribution in [2.24, 2.45) is 5.73 Å². The van der Waals surface area contributed by atoms with Crippen molar-refractivity contribution < 1.29 is 9.47 Å². The van der Waals surface area contributed by atoms with Gasteiger partial charge in [0.2, 0.25) is 0 Å². The van der Waals surface area contributed by atoms with Crippen molar-refractivity contribution in [2.45, 2.75) is 26.7 Å². The molecule has 94 valence electrons. The van der Waals surface area contributed by atoms with Gasteiger partial charge in [-0.05, 0) is 31.5 Å². The predicted octanol–water partition coefficient (Wildman–Crippen LogP) is 2.55. The van der Waals surface area contributed by atoms with Crippen molar-refractivity contribution >= 4 is 5.84 Å². The van der Waals surface area contributed by atoms with Gasteiger partial charge in [0.1, 0.15) is 5.84 Å². The Bertz CT molecular complexity index is 378. The minimum Gasteiger partial charge on any atom is -0.490 e. The van der Waals surface area contributed by atoms with Crippen LogP contribution in [0.15, 0.2) is 18.2 Å². The number of nitrogens with one attached hydrogen (secondary N) is 1. The lowest BCUT2D eigenvalue weighted by molar-refractivity contribution is 0.272. The SMILES string of the molecule is CCCCOc1cc(C(=N)N)ccc1OCC. The maximum Gasteiger partial charge on any atom is 0.161 e. The summed E-state index contributed by atoms with van der Waals surface area (Å²) in [5.74, 6) is 1.40. The van der Waals surface area contributed by atoms with Crippen LogP contribution in [0.4, 0.5) is 0 Å². The molecule has 0 radical (unpaired) electrons. The Labute approximate surface area is 102 Å². The third-order valence-electron chi connectivity index (χ3n) is 2.31. The van der Waals surface area contributed by atoms with Gasteiger partial charge < -0.3 is 15.2 Å². The van der Waals surface area contributed by atoms with E-state index < -0.39 is 0 Å². The summed E-state index contributed by atoms with van der Waals surface area (Å²) in [6.07, 6.45) is 2.08. The van der Waals surface area contributed by atoms with Crippen LogP contribution < -0.4 is 15.2 Å². The number of rotatable bonds is 7. The highest BCUT2D eigenvalue weighted by Gasteiger charge is 2.07. The van der Waals surface area contributed by atoms with Gasteiger partial charge in [-0.15, -0.1) is 0 Å². The van der Waals surface area contributed by atoms with Crippen LogP contribution in [-0.2, 0) is 0 Å². The lowest BCUT2D eigenvalue weighted by Gasteiger charge is -2.12. The molecule has 0 amide bonds. The third-order valence-corrected chi connectivity index (χ3v) is 2.31. The largest absolute Gasteiger partial charge is 0.490 e. The van der Waals surface area contributed by atoms with Crippen LogP contribution in [0, 0.1) is 5.41 Å². The Morgan fingerprint density at radius 3 is 2.59 bits per heavy atom. The summed E-state index contributed by atoms with van der Waals surface area (Å²) >= 11 is 0. The second-order valence-electron chi connectivity index (χ2n) is 3.71. The first-order valence-electron chi connectivity index (χ1n) is 5.93. The minimum atomic E-state index is 0.0355. The topological polar surface area (TPSA) is 68.3 Å². The number of hydrogen-bond acceptors (Lipinski definition) is 3. The molecule has 0 aliphatic heterocycles. The first-order valence-corrected chi connectivity index (χ1v) is 5.93.